The van der Waals surface area contributed by atoms with Crippen molar-refractivity contribution in [3.8, 4) is 0 Å². The van der Waals surface area contributed by atoms with Crippen molar-refractivity contribution >= 4 is 35.6 Å². The van der Waals surface area contributed by atoms with Crippen LogP contribution in [0.15, 0.2) is 18.3 Å². The molecule has 2 aromatic rings. The molecular formula is C25H35N9O7. The van der Waals surface area contributed by atoms with Gasteiger partial charge < -0.3 is 25.8 Å². The zero-order valence-corrected chi connectivity index (χ0v) is 23.5. The van der Waals surface area contributed by atoms with E-state index in [1.807, 2.05) is 0 Å². The molecule has 0 spiro atoms. The van der Waals surface area contributed by atoms with Crippen LogP contribution in [0.3, 0.4) is 0 Å². The van der Waals surface area contributed by atoms with Gasteiger partial charge in [0.25, 0.3) is 5.91 Å². The maximum absolute atomic E-state index is 14.0. The summed E-state index contributed by atoms with van der Waals surface area (Å²) in [5.41, 5.74) is -0.187. The van der Waals surface area contributed by atoms with E-state index in [0.29, 0.717) is 5.56 Å². The Morgan fingerprint density at radius 3 is 2.54 bits per heavy atom. The lowest BCUT2D eigenvalue weighted by Gasteiger charge is -2.30. The lowest BCUT2D eigenvalue weighted by Crippen LogP contribution is -2.58. The number of aliphatic carboxylic acids is 1. The number of rotatable bonds is 11. The summed E-state index contributed by atoms with van der Waals surface area (Å²) >= 11 is 0. The van der Waals surface area contributed by atoms with Gasteiger partial charge in [0.15, 0.2) is 5.82 Å². The number of nitrogens with one attached hydrogen (secondary N) is 4. The van der Waals surface area contributed by atoms with Crippen molar-refractivity contribution in [2.24, 2.45) is 5.92 Å². The largest absolute Gasteiger partial charge is 0.481 e. The molecule has 1 aliphatic rings. The summed E-state index contributed by atoms with van der Waals surface area (Å²) < 4.78 is 5.26. The van der Waals surface area contributed by atoms with Crippen LogP contribution in [0.4, 0.5) is 10.6 Å². The molecule has 0 fully saturated rings. The molecule has 3 heterocycles. The first-order valence-corrected chi connectivity index (χ1v) is 13.1. The van der Waals surface area contributed by atoms with E-state index in [2.05, 4.69) is 41.6 Å². The summed E-state index contributed by atoms with van der Waals surface area (Å²) in [5, 5.41) is 30.4. The molecule has 5 N–H and O–H groups in total. The molecule has 0 saturated heterocycles. The summed E-state index contributed by atoms with van der Waals surface area (Å²) in [5.74, 6) is -3.11. The zero-order chi connectivity index (χ0) is 30.3. The third-order valence-electron chi connectivity index (χ3n) is 6.05. The highest BCUT2D eigenvalue weighted by Gasteiger charge is 2.42. The number of fused-ring (bicyclic) bond motifs is 1. The van der Waals surface area contributed by atoms with Crippen LogP contribution >= 0.6 is 0 Å². The average Bonchev–Trinajstić information content (AvgIpc) is 3.54. The minimum absolute atomic E-state index is 0.0524. The second-order valence-corrected chi connectivity index (χ2v) is 10.8. The number of hydrogen-bond donors (Lipinski definition) is 5. The van der Waals surface area contributed by atoms with Gasteiger partial charge in [0.05, 0.1) is 6.54 Å². The van der Waals surface area contributed by atoms with Crippen LogP contribution in [0.2, 0.25) is 0 Å². The number of aromatic nitrogens is 5. The predicted molar refractivity (Wildman–Crippen MR) is 142 cm³/mol. The Morgan fingerprint density at radius 2 is 1.93 bits per heavy atom. The van der Waals surface area contributed by atoms with Crippen molar-refractivity contribution in [2.75, 3.05) is 4.90 Å². The molecule has 1 aliphatic heterocycles. The third-order valence-corrected chi connectivity index (χ3v) is 6.05. The molecule has 41 heavy (non-hydrogen) atoms. The molecule has 16 nitrogen and oxygen atoms in total. The van der Waals surface area contributed by atoms with Gasteiger partial charge >= 0.3 is 12.1 Å². The predicted octanol–water partition coefficient (Wildman–Crippen LogP) is 0.0677. The van der Waals surface area contributed by atoms with Crippen molar-refractivity contribution in [3.63, 3.8) is 0 Å². The fraction of sp³-hybridized carbons (Fsp3) is 0.560. The van der Waals surface area contributed by atoms with Crippen molar-refractivity contribution in [2.45, 2.75) is 84.2 Å². The first kappa shape index (κ1) is 30.9. The number of carbonyl (C=O) groups excluding carboxylic acids is 4. The van der Waals surface area contributed by atoms with Gasteiger partial charge in [-0.15, -0.1) is 10.2 Å². The summed E-state index contributed by atoms with van der Waals surface area (Å²) in [6.07, 6.45) is 0.0632. The molecule has 0 bridgehead atoms. The Morgan fingerprint density at radius 1 is 1.20 bits per heavy atom. The van der Waals surface area contributed by atoms with Gasteiger partial charge in [-0.05, 0) is 44.7 Å². The summed E-state index contributed by atoms with van der Waals surface area (Å²) in [4.78, 5) is 69.7. The van der Waals surface area contributed by atoms with Crippen molar-refractivity contribution in [3.05, 3.63) is 29.7 Å². The van der Waals surface area contributed by atoms with Crippen molar-refractivity contribution < 1.29 is 33.8 Å². The van der Waals surface area contributed by atoms with Crippen molar-refractivity contribution in [1.82, 2.24) is 41.6 Å². The zero-order valence-electron chi connectivity index (χ0n) is 23.5. The molecule has 0 radical (unpaired) electrons. The monoisotopic (exact) mass is 573 g/mol. The van der Waals surface area contributed by atoms with Crippen LogP contribution in [0.5, 0.6) is 0 Å². The molecule has 2 aromatic heterocycles. The second kappa shape index (κ2) is 13.1. The highest BCUT2D eigenvalue weighted by molar-refractivity contribution is 6.06. The number of anilines is 1. The fourth-order valence-corrected chi connectivity index (χ4v) is 4.19. The number of ether oxygens (including phenoxy) is 1. The van der Waals surface area contributed by atoms with Gasteiger partial charge in [0.1, 0.15) is 29.5 Å². The smallest absolute Gasteiger partial charge is 0.408 e. The first-order chi connectivity index (χ1) is 19.3. The van der Waals surface area contributed by atoms with Crippen molar-refractivity contribution in [1.29, 1.82) is 0 Å². The molecule has 0 aliphatic carbocycles. The molecule has 0 aromatic carbocycles. The Hall–Kier alpha value is -4.63. The second-order valence-electron chi connectivity index (χ2n) is 10.8. The Balaban J connectivity index is 1.85. The number of carboxylic acids is 1. The number of pyridine rings is 1. The van der Waals surface area contributed by atoms with Gasteiger partial charge in [-0.25, -0.2) is 9.78 Å². The Bertz CT molecular complexity index is 1260. The normalized spacial score (nSPS) is 16.0. The van der Waals surface area contributed by atoms with Crippen LogP contribution in [0.1, 0.15) is 58.8 Å². The molecule has 222 valence electrons. The van der Waals surface area contributed by atoms with Gasteiger partial charge in [0.2, 0.25) is 11.8 Å². The van der Waals surface area contributed by atoms with Crippen LogP contribution < -0.4 is 20.9 Å². The van der Waals surface area contributed by atoms with Gasteiger partial charge in [-0.3, -0.25) is 24.1 Å². The van der Waals surface area contributed by atoms with E-state index in [9.17, 15) is 29.1 Å². The quantitative estimate of drug-likeness (QED) is 0.242. The van der Waals surface area contributed by atoms with E-state index in [1.165, 1.54) is 11.1 Å². The molecule has 4 amide bonds. The van der Waals surface area contributed by atoms with Gasteiger partial charge in [0, 0.05) is 19.0 Å². The number of nitrogens with zero attached hydrogens (tertiary/aromatic N) is 5. The maximum atomic E-state index is 14.0. The maximum Gasteiger partial charge on any atom is 0.408 e. The number of carbonyl (C=O) groups is 5. The van der Waals surface area contributed by atoms with Crippen LogP contribution in [0, 0.1) is 5.92 Å². The number of aromatic amines is 1. The molecular weight excluding hydrogens is 538 g/mol. The average molecular weight is 574 g/mol. The highest BCUT2D eigenvalue weighted by atomic mass is 16.6. The third kappa shape index (κ3) is 8.43. The number of alkyl carbamates (subject to hydrolysis) is 1. The van der Waals surface area contributed by atoms with E-state index >= 15 is 0 Å². The number of H-pyrrole nitrogens is 1. The minimum Gasteiger partial charge on any atom is -0.481 e. The topological polar surface area (TPSA) is 221 Å². The molecule has 3 rings (SSSR count). The van der Waals surface area contributed by atoms with E-state index in [4.69, 9.17) is 4.74 Å². The molecule has 3 atom stereocenters. The Labute approximate surface area is 236 Å². The van der Waals surface area contributed by atoms with E-state index < -0.39 is 65.8 Å². The summed E-state index contributed by atoms with van der Waals surface area (Å²) in [7, 11) is 0. The van der Waals surface area contributed by atoms with Crippen LogP contribution in [-0.4, -0.2) is 84.2 Å². The fourth-order valence-electron chi connectivity index (χ4n) is 4.19. The highest BCUT2D eigenvalue weighted by Crippen LogP contribution is 2.31. The first-order valence-electron chi connectivity index (χ1n) is 13.1. The molecule has 16 heteroatoms. The van der Waals surface area contributed by atoms with E-state index in [0.717, 1.165) is 0 Å². The lowest BCUT2D eigenvalue weighted by molar-refractivity contribution is -0.138. The van der Waals surface area contributed by atoms with Crippen LogP contribution in [0.25, 0.3) is 0 Å². The molecule has 0 saturated carbocycles. The standard InChI is InChI=1S/C25H35N9O7/c1-13(2)19(29-24(40)41-25(3,4)5)22(38)28-15(8-9-18(35)36)23(39)34-16(11-14-7-6-10-26-20(14)34)21(37)27-12-17-30-32-33-31-17/h6-7,10,13,15-16,19H,8-9,11-12H2,1-5H3,(H,27,37)(H,28,38)(H,29,40)(H,35,36)(H,30,31,32,33). The van der Waals surface area contributed by atoms with Gasteiger partial charge in [-0.1, -0.05) is 25.1 Å². The minimum atomic E-state index is -1.35. The Kier molecular flexibility index (Phi) is 9.91. The molecule has 3 unspecified atom stereocenters. The van der Waals surface area contributed by atoms with Crippen LogP contribution in [-0.2, 0) is 36.9 Å². The lowest BCUT2D eigenvalue weighted by atomic mass is 10.0. The number of tetrazole rings is 1. The SMILES string of the molecule is CC(C)C(NC(=O)OC(C)(C)C)C(=O)NC(CCC(=O)O)C(=O)N1c2ncccc2CC1C(=O)NCc1nn[nH]n1. The summed E-state index contributed by atoms with van der Waals surface area (Å²) in [6, 6.07) is -0.0899. The van der Waals surface area contributed by atoms with E-state index in [-0.39, 0.29) is 31.0 Å². The van der Waals surface area contributed by atoms with E-state index in [1.54, 1.807) is 46.8 Å². The number of carboxylic acid groups (broad SMARTS) is 1. The number of amides is 4. The summed E-state index contributed by atoms with van der Waals surface area (Å²) in [6.45, 7) is 8.36. The van der Waals surface area contributed by atoms with Gasteiger partial charge in [-0.2, -0.15) is 5.21 Å². The number of hydrogen-bond acceptors (Lipinski definition) is 10.